The highest BCUT2D eigenvalue weighted by atomic mass is 19.4. The average molecular weight is 246 g/mol. The second-order valence-corrected chi connectivity index (χ2v) is 3.02. The van der Waals surface area contributed by atoms with Crippen molar-refractivity contribution in [3.8, 4) is 11.8 Å². The lowest BCUT2D eigenvalue weighted by atomic mass is 10.0. The molecule has 0 saturated carbocycles. The minimum Gasteiger partial charge on any atom is -0.506 e. The van der Waals surface area contributed by atoms with Gasteiger partial charge in [0.05, 0.1) is 11.3 Å². The number of halogens is 3. The molecule has 0 spiro atoms. The Balaban J connectivity index is 3.76. The van der Waals surface area contributed by atoms with E-state index in [-0.39, 0.29) is 0 Å². The van der Waals surface area contributed by atoms with E-state index in [0.29, 0.717) is 6.07 Å². The van der Waals surface area contributed by atoms with Gasteiger partial charge in [-0.3, -0.25) is 0 Å². The van der Waals surface area contributed by atoms with Crippen molar-refractivity contribution in [2.24, 2.45) is 0 Å². The highest BCUT2D eigenvalue weighted by Gasteiger charge is 2.39. The molecule has 0 atom stereocenters. The Morgan fingerprint density at radius 3 is 2.35 bits per heavy atom. The summed E-state index contributed by atoms with van der Waals surface area (Å²) in [5.74, 6) is -3.29. The molecule has 0 bridgehead atoms. The van der Waals surface area contributed by atoms with Gasteiger partial charge in [-0.25, -0.2) is 4.79 Å². The summed E-state index contributed by atoms with van der Waals surface area (Å²) in [7, 11) is 0. The summed E-state index contributed by atoms with van der Waals surface area (Å²) in [4.78, 5) is 10.6. The number of hydrogen-bond donors (Lipinski definition) is 3. The molecule has 0 aliphatic carbocycles. The maximum atomic E-state index is 12.5. The molecule has 8 heteroatoms. The van der Waals surface area contributed by atoms with Crippen LogP contribution in [0.3, 0.4) is 0 Å². The van der Waals surface area contributed by atoms with E-state index in [4.69, 9.17) is 16.1 Å². The number of nitrogens with two attached hydrogens (primary N) is 1. The minimum atomic E-state index is -5.05. The van der Waals surface area contributed by atoms with Crippen molar-refractivity contribution in [3.05, 3.63) is 22.8 Å². The number of nitriles is 1. The van der Waals surface area contributed by atoms with Gasteiger partial charge >= 0.3 is 12.1 Å². The number of carboxylic acids is 1. The topological polar surface area (TPSA) is 107 Å². The third kappa shape index (κ3) is 2.08. The first-order chi connectivity index (χ1) is 7.70. The van der Waals surface area contributed by atoms with Crippen molar-refractivity contribution >= 4 is 11.7 Å². The van der Waals surface area contributed by atoms with Crippen molar-refractivity contribution in [1.29, 1.82) is 5.26 Å². The van der Waals surface area contributed by atoms with E-state index >= 15 is 0 Å². The molecule has 5 nitrogen and oxygen atoms in total. The van der Waals surface area contributed by atoms with E-state index in [2.05, 4.69) is 0 Å². The van der Waals surface area contributed by atoms with E-state index in [1.807, 2.05) is 0 Å². The van der Waals surface area contributed by atoms with Crippen LogP contribution in [0.4, 0.5) is 18.9 Å². The van der Waals surface area contributed by atoms with Gasteiger partial charge in [0, 0.05) is 0 Å². The Morgan fingerprint density at radius 2 is 2.00 bits per heavy atom. The van der Waals surface area contributed by atoms with Crippen molar-refractivity contribution in [2.45, 2.75) is 6.18 Å². The van der Waals surface area contributed by atoms with Crippen molar-refractivity contribution < 1.29 is 28.2 Å². The van der Waals surface area contributed by atoms with Gasteiger partial charge in [0.2, 0.25) is 0 Å². The molecule has 1 rings (SSSR count). The van der Waals surface area contributed by atoms with Crippen molar-refractivity contribution in [3.63, 3.8) is 0 Å². The number of nitrogens with zero attached hydrogens (tertiary/aromatic N) is 1. The number of aromatic hydroxyl groups is 1. The smallest absolute Gasteiger partial charge is 0.422 e. The molecule has 0 fully saturated rings. The number of carbonyl (C=O) groups is 1. The number of benzene rings is 1. The second-order valence-electron chi connectivity index (χ2n) is 3.02. The molecule has 0 aromatic heterocycles. The predicted octanol–water partition coefficient (Wildman–Crippen LogP) is 1.56. The van der Waals surface area contributed by atoms with E-state index < -0.39 is 40.3 Å². The number of nitrogen functional groups attached to an aromatic ring is 1. The van der Waals surface area contributed by atoms with Crippen LogP contribution in [0.15, 0.2) is 6.07 Å². The summed E-state index contributed by atoms with van der Waals surface area (Å²) < 4.78 is 37.6. The van der Waals surface area contributed by atoms with E-state index in [0.717, 1.165) is 0 Å². The SMILES string of the molecule is N#Cc1cc(C(=O)O)c(O)c(C(F)(F)F)c1N. The molecule has 0 aliphatic heterocycles. The molecule has 0 saturated heterocycles. The van der Waals surface area contributed by atoms with Crippen LogP contribution < -0.4 is 5.73 Å². The van der Waals surface area contributed by atoms with Gasteiger partial charge in [-0.05, 0) is 6.07 Å². The third-order valence-electron chi connectivity index (χ3n) is 1.97. The summed E-state index contributed by atoms with van der Waals surface area (Å²) >= 11 is 0. The van der Waals surface area contributed by atoms with E-state index in [1.54, 1.807) is 0 Å². The maximum Gasteiger partial charge on any atom is 0.422 e. The fourth-order valence-corrected chi connectivity index (χ4v) is 1.23. The molecule has 0 heterocycles. The van der Waals surface area contributed by atoms with Crippen LogP contribution in [0.5, 0.6) is 5.75 Å². The summed E-state index contributed by atoms with van der Waals surface area (Å²) in [6.07, 6.45) is -5.05. The summed E-state index contributed by atoms with van der Waals surface area (Å²) in [5.41, 5.74) is 0.658. The van der Waals surface area contributed by atoms with Gasteiger partial charge in [0.1, 0.15) is 22.9 Å². The Bertz CT molecular complexity index is 532. The van der Waals surface area contributed by atoms with Crippen LogP contribution in [-0.2, 0) is 6.18 Å². The fraction of sp³-hybridized carbons (Fsp3) is 0.111. The first kappa shape index (κ1) is 12.6. The van der Waals surface area contributed by atoms with Crippen LogP contribution in [0, 0.1) is 11.3 Å². The molecule has 0 aliphatic rings. The van der Waals surface area contributed by atoms with Crippen molar-refractivity contribution in [1.82, 2.24) is 0 Å². The highest BCUT2D eigenvalue weighted by molar-refractivity contribution is 5.93. The van der Waals surface area contributed by atoms with Gasteiger partial charge in [-0.1, -0.05) is 0 Å². The Labute approximate surface area is 92.5 Å². The monoisotopic (exact) mass is 246 g/mol. The first-order valence-corrected chi connectivity index (χ1v) is 4.06. The number of anilines is 1. The number of hydrogen-bond acceptors (Lipinski definition) is 4. The summed E-state index contributed by atoms with van der Waals surface area (Å²) in [6, 6.07) is 1.92. The van der Waals surface area contributed by atoms with Gasteiger partial charge < -0.3 is 15.9 Å². The molecule has 1 aromatic carbocycles. The first-order valence-electron chi connectivity index (χ1n) is 4.06. The number of carboxylic acid groups (broad SMARTS) is 1. The normalized spacial score (nSPS) is 10.9. The predicted molar refractivity (Wildman–Crippen MR) is 49.2 cm³/mol. The zero-order valence-corrected chi connectivity index (χ0v) is 8.04. The Hall–Kier alpha value is -2.43. The lowest BCUT2D eigenvalue weighted by molar-refractivity contribution is -0.138. The fourth-order valence-electron chi connectivity index (χ4n) is 1.23. The lowest BCUT2D eigenvalue weighted by Crippen LogP contribution is -2.13. The van der Waals surface area contributed by atoms with Crippen LogP contribution in [0.2, 0.25) is 0 Å². The molecule has 4 N–H and O–H groups in total. The molecular weight excluding hydrogens is 241 g/mol. The summed E-state index contributed by atoms with van der Waals surface area (Å²) in [5, 5.41) is 26.3. The Morgan fingerprint density at radius 1 is 1.47 bits per heavy atom. The molecule has 90 valence electrons. The molecule has 17 heavy (non-hydrogen) atoms. The van der Waals surface area contributed by atoms with Crippen LogP contribution in [-0.4, -0.2) is 16.2 Å². The molecule has 0 unspecified atom stereocenters. The van der Waals surface area contributed by atoms with Crippen LogP contribution >= 0.6 is 0 Å². The van der Waals surface area contributed by atoms with Crippen molar-refractivity contribution in [2.75, 3.05) is 5.73 Å². The number of phenols is 1. The molecular formula is C9H5F3N2O3. The van der Waals surface area contributed by atoms with Gasteiger partial charge in [0.25, 0.3) is 0 Å². The zero-order chi connectivity index (χ0) is 13.4. The quantitative estimate of drug-likeness (QED) is 0.652. The highest BCUT2D eigenvalue weighted by Crippen LogP contribution is 2.42. The van der Waals surface area contributed by atoms with Gasteiger partial charge in [-0.15, -0.1) is 0 Å². The van der Waals surface area contributed by atoms with E-state index in [1.165, 1.54) is 6.07 Å². The van der Waals surface area contributed by atoms with Gasteiger partial charge in [0.15, 0.2) is 0 Å². The average Bonchev–Trinajstić information content (AvgIpc) is 2.15. The Kier molecular flexibility index (Phi) is 2.87. The van der Waals surface area contributed by atoms with Gasteiger partial charge in [-0.2, -0.15) is 18.4 Å². The molecule has 0 amide bonds. The van der Waals surface area contributed by atoms with E-state index in [9.17, 15) is 23.1 Å². The molecule has 1 aromatic rings. The number of alkyl halides is 3. The maximum absolute atomic E-state index is 12.5. The molecule has 0 radical (unpaired) electrons. The standard InChI is InChI=1S/C9H5F3N2O3/c10-9(11,12)5-6(14)3(2-13)1-4(7(5)15)8(16)17/h1,15H,14H2,(H,16,17). The largest absolute Gasteiger partial charge is 0.506 e. The minimum absolute atomic E-state index is 0.586. The number of aromatic carboxylic acids is 1. The lowest BCUT2D eigenvalue weighted by Gasteiger charge is -2.14. The third-order valence-corrected chi connectivity index (χ3v) is 1.97. The van der Waals surface area contributed by atoms with Crippen LogP contribution in [0.1, 0.15) is 21.5 Å². The zero-order valence-electron chi connectivity index (χ0n) is 8.04. The van der Waals surface area contributed by atoms with Crippen LogP contribution in [0.25, 0.3) is 0 Å². The summed E-state index contributed by atoms with van der Waals surface area (Å²) in [6.45, 7) is 0. The second kappa shape index (κ2) is 3.86. The number of rotatable bonds is 1.